The van der Waals surface area contributed by atoms with Crippen molar-refractivity contribution in [1.29, 1.82) is 0 Å². The molecule has 32 heavy (non-hydrogen) atoms. The Morgan fingerprint density at radius 2 is 1.97 bits per heavy atom. The Balaban J connectivity index is 0.00000512. The fourth-order valence-electron chi connectivity index (χ4n) is 3.38. The molecule has 2 rings (SSSR count). The molecule has 8 nitrogen and oxygen atoms in total. The van der Waals surface area contributed by atoms with Crippen LogP contribution in [-0.2, 0) is 23.6 Å². The van der Waals surface area contributed by atoms with Gasteiger partial charge < -0.3 is 10.2 Å². The number of aliphatic imine (C=N–C) groups is 1. The monoisotopic (exact) mass is 576 g/mol. The van der Waals surface area contributed by atoms with Crippen molar-refractivity contribution in [2.24, 2.45) is 12.0 Å². The van der Waals surface area contributed by atoms with Crippen LogP contribution in [-0.4, -0.2) is 55.7 Å². The average Bonchev–Trinajstić information content (AvgIpc) is 3.06. The summed E-state index contributed by atoms with van der Waals surface area (Å²) in [5, 5.41) is 7.84. The molecule has 0 saturated carbocycles. The first-order valence-corrected chi connectivity index (χ1v) is 12.1. The highest BCUT2D eigenvalue weighted by Crippen LogP contribution is 2.19. The number of rotatable bonds is 9. The molecule has 0 spiro atoms. The van der Waals surface area contributed by atoms with Crippen LogP contribution >= 0.6 is 24.0 Å². The van der Waals surface area contributed by atoms with Gasteiger partial charge in [0.2, 0.25) is 10.0 Å². The lowest BCUT2D eigenvalue weighted by Crippen LogP contribution is -2.39. The second kappa shape index (κ2) is 12.5. The number of nitrogens with zero attached hydrogens (tertiary/aromatic N) is 4. The molecular weight excluding hydrogens is 539 g/mol. The van der Waals surface area contributed by atoms with E-state index in [1.807, 2.05) is 55.9 Å². The lowest BCUT2D eigenvalue weighted by molar-refractivity contribution is 0.473. The Morgan fingerprint density at radius 3 is 2.59 bits per heavy atom. The summed E-state index contributed by atoms with van der Waals surface area (Å²) in [7, 11) is 0.329. The smallest absolute Gasteiger partial charge is 0.240 e. The normalized spacial score (nSPS) is 12.1. The van der Waals surface area contributed by atoms with E-state index in [1.165, 1.54) is 0 Å². The van der Waals surface area contributed by atoms with Crippen LogP contribution in [0.3, 0.4) is 0 Å². The first-order chi connectivity index (χ1) is 14.5. The minimum absolute atomic E-state index is 0. The van der Waals surface area contributed by atoms with Gasteiger partial charge in [-0.2, -0.15) is 5.10 Å². The number of hydrogen-bond donors (Lipinski definition) is 2. The van der Waals surface area contributed by atoms with Gasteiger partial charge in [-0.05, 0) is 43.9 Å². The highest BCUT2D eigenvalue weighted by atomic mass is 127. The molecule has 10 heteroatoms. The molecule has 1 heterocycles. The lowest BCUT2D eigenvalue weighted by atomic mass is 10.1. The largest absolute Gasteiger partial charge is 0.357 e. The first-order valence-electron chi connectivity index (χ1n) is 10.6. The van der Waals surface area contributed by atoms with Crippen molar-refractivity contribution in [3.8, 4) is 0 Å². The molecule has 0 amide bonds. The molecule has 2 N–H and O–H groups in total. The molecule has 0 aliphatic carbocycles. The molecule has 0 bridgehead atoms. The van der Waals surface area contributed by atoms with Gasteiger partial charge in [0.25, 0.3) is 0 Å². The lowest BCUT2D eigenvalue weighted by Gasteiger charge is -2.22. The maximum absolute atomic E-state index is 12.7. The summed E-state index contributed by atoms with van der Waals surface area (Å²) in [6.07, 6.45) is 2.04. The molecule has 0 unspecified atom stereocenters. The zero-order chi connectivity index (χ0) is 23.2. The average molecular weight is 577 g/mol. The standard InChI is InChI=1S/C22H36N6O2S.HI/c1-8-23-22(27(6)14-19-15-28(7)26-21(19)16(2)3)24-11-12-25-31(29,30)20-13-17(4)9-10-18(20)5;/h9-10,13,15-16,25H,8,11-12,14H2,1-7H3,(H,23,24);1H. The topological polar surface area (TPSA) is 91.6 Å². The van der Waals surface area contributed by atoms with E-state index < -0.39 is 10.0 Å². The van der Waals surface area contributed by atoms with Gasteiger partial charge in [-0.1, -0.05) is 26.0 Å². The van der Waals surface area contributed by atoms with E-state index >= 15 is 0 Å². The fraction of sp³-hybridized carbons (Fsp3) is 0.545. The van der Waals surface area contributed by atoms with Gasteiger partial charge >= 0.3 is 0 Å². The second-order valence-corrected chi connectivity index (χ2v) is 9.86. The predicted molar refractivity (Wildman–Crippen MR) is 141 cm³/mol. The van der Waals surface area contributed by atoms with E-state index in [0.717, 1.165) is 34.9 Å². The summed E-state index contributed by atoms with van der Waals surface area (Å²) in [6.45, 7) is 11.9. The number of hydrogen-bond acceptors (Lipinski definition) is 4. The van der Waals surface area contributed by atoms with E-state index in [1.54, 1.807) is 13.0 Å². The molecule has 0 fully saturated rings. The maximum Gasteiger partial charge on any atom is 0.240 e. The minimum Gasteiger partial charge on any atom is -0.357 e. The summed E-state index contributed by atoms with van der Waals surface area (Å²) in [6, 6.07) is 5.42. The highest BCUT2D eigenvalue weighted by Gasteiger charge is 2.17. The van der Waals surface area contributed by atoms with Gasteiger partial charge in [0.15, 0.2) is 5.96 Å². The number of guanidine groups is 1. The third-order valence-corrected chi connectivity index (χ3v) is 6.49. The Hall–Kier alpha value is -1.66. The Bertz CT molecular complexity index is 1020. The number of nitrogens with one attached hydrogen (secondary N) is 2. The molecule has 180 valence electrons. The third kappa shape index (κ3) is 7.73. The van der Waals surface area contributed by atoms with Crippen molar-refractivity contribution in [1.82, 2.24) is 24.7 Å². The summed E-state index contributed by atoms with van der Waals surface area (Å²) in [5.74, 6) is 1.07. The fourth-order valence-corrected chi connectivity index (χ4v) is 4.73. The zero-order valence-electron chi connectivity index (χ0n) is 20.1. The van der Waals surface area contributed by atoms with Crippen LogP contribution in [0.1, 0.15) is 49.1 Å². The van der Waals surface area contributed by atoms with Crippen LogP contribution < -0.4 is 10.0 Å². The SMILES string of the molecule is CCNC(=NCCNS(=O)(=O)c1cc(C)ccc1C)N(C)Cc1cn(C)nc1C(C)C.I. The van der Waals surface area contributed by atoms with Gasteiger partial charge in [0.1, 0.15) is 0 Å². The van der Waals surface area contributed by atoms with Gasteiger partial charge in [-0.25, -0.2) is 13.1 Å². The molecular formula is C22H37IN6O2S. The van der Waals surface area contributed by atoms with E-state index in [-0.39, 0.29) is 30.5 Å². The van der Waals surface area contributed by atoms with E-state index in [9.17, 15) is 8.42 Å². The van der Waals surface area contributed by atoms with Crippen molar-refractivity contribution in [3.05, 3.63) is 46.8 Å². The van der Waals surface area contributed by atoms with Gasteiger partial charge in [0.05, 0.1) is 17.1 Å². The Morgan fingerprint density at radius 1 is 1.28 bits per heavy atom. The zero-order valence-corrected chi connectivity index (χ0v) is 23.3. The second-order valence-electron chi connectivity index (χ2n) is 8.13. The van der Waals surface area contributed by atoms with Crippen molar-refractivity contribution >= 4 is 40.0 Å². The van der Waals surface area contributed by atoms with Crippen LogP contribution in [0.25, 0.3) is 0 Å². The predicted octanol–water partition coefficient (Wildman–Crippen LogP) is 3.15. The molecule has 0 atom stereocenters. The summed E-state index contributed by atoms with van der Waals surface area (Å²) in [4.78, 5) is 6.96. The number of sulfonamides is 1. The molecule has 1 aromatic carbocycles. The maximum atomic E-state index is 12.7. The molecule has 0 saturated heterocycles. The van der Waals surface area contributed by atoms with Crippen molar-refractivity contribution in [2.45, 2.75) is 52.0 Å². The van der Waals surface area contributed by atoms with E-state index in [4.69, 9.17) is 0 Å². The van der Waals surface area contributed by atoms with Crippen LogP contribution in [0.4, 0.5) is 0 Å². The van der Waals surface area contributed by atoms with E-state index in [0.29, 0.717) is 23.9 Å². The molecule has 1 aromatic heterocycles. The van der Waals surface area contributed by atoms with E-state index in [2.05, 4.69) is 34.0 Å². The van der Waals surface area contributed by atoms with Crippen molar-refractivity contribution in [3.63, 3.8) is 0 Å². The molecule has 0 aliphatic rings. The molecule has 0 radical (unpaired) electrons. The first kappa shape index (κ1) is 28.4. The quantitative estimate of drug-likeness (QED) is 0.207. The number of aromatic nitrogens is 2. The summed E-state index contributed by atoms with van der Waals surface area (Å²) in [5.41, 5.74) is 3.87. The van der Waals surface area contributed by atoms with Crippen LogP contribution in [0.5, 0.6) is 0 Å². The highest BCUT2D eigenvalue weighted by molar-refractivity contribution is 14.0. The van der Waals surface area contributed by atoms with Gasteiger partial charge in [0, 0.05) is 45.5 Å². The molecule has 2 aromatic rings. The Labute approximate surface area is 209 Å². The molecule has 0 aliphatic heterocycles. The third-order valence-electron chi connectivity index (χ3n) is 4.89. The number of aryl methyl sites for hydroxylation is 3. The van der Waals surface area contributed by atoms with Crippen molar-refractivity contribution < 1.29 is 8.42 Å². The summed E-state index contributed by atoms with van der Waals surface area (Å²) < 4.78 is 29.8. The minimum atomic E-state index is -3.57. The number of halogens is 1. The summed E-state index contributed by atoms with van der Waals surface area (Å²) >= 11 is 0. The van der Waals surface area contributed by atoms with Gasteiger partial charge in [-0.3, -0.25) is 9.67 Å². The van der Waals surface area contributed by atoms with Gasteiger partial charge in [-0.15, -0.1) is 24.0 Å². The van der Waals surface area contributed by atoms with Crippen LogP contribution in [0.2, 0.25) is 0 Å². The number of benzene rings is 1. The Kier molecular flexibility index (Phi) is 11.1. The van der Waals surface area contributed by atoms with Crippen LogP contribution in [0.15, 0.2) is 34.3 Å². The van der Waals surface area contributed by atoms with Crippen molar-refractivity contribution in [2.75, 3.05) is 26.7 Å². The van der Waals surface area contributed by atoms with Crippen LogP contribution in [0, 0.1) is 13.8 Å².